The zero-order valence-electron chi connectivity index (χ0n) is 12.5. The minimum Gasteiger partial charge on any atom is -0.497 e. The van der Waals surface area contributed by atoms with Crippen LogP contribution >= 0.6 is 11.3 Å². The van der Waals surface area contributed by atoms with Gasteiger partial charge in [0.05, 0.1) is 24.8 Å². The average molecular weight is 330 g/mol. The van der Waals surface area contributed by atoms with E-state index < -0.39 is 0 Å². The van der Waals surface area contributed by atoms with Gasteiger partial charge in [-0.2, -0.15) is 0 Å². The molecule has 0 bridgehead atoms. The van der Waals surface area contributed by atoms with Crippen molar-refractivity contribution in [1.82, 2.24) is 4.98 Å². The molecule has 2 aromatic heterocycles. The van der Waals surface area contributed by atoms with Crippen LogP contribution in [-0.4, -0.2) is 25.1 Å². The van der Waals surface area contributed by atoms with E-state index in [1.165, 1.54) is 24.8 Å². The highest BCUT2D eigenvalue weighted by Crippen LogP contribution is 2.31. The minimum absolute atomic E-state index is 0.220. The fourth-order valence-corrected chi connectivity index (χ4v) is 2.80. The molecule has 0 aliphatic heterocycles. The van der Waals surface area contributed by atoms with E-state index in [1.54, 1.807) is 25.3 Å². The fourth-order valence-electron chi connectivity index (χ4n) is 2.08. The molecule has 3 rings (SSSR count). The van der Waals surface area contributed by atoms with Crippen LogP contribution in [0.25, 0.3) is 10.6 Å². The minimum atomic E-state index is -0.381. The molecule has 1 aromatic carbocycles. The number of thiophene rings is 1. The van der Waals surface area contributed by atoms with Crippen molar-refractivity contribution in [3.8, 4) is 22.1 Å². The summed E-state index contributed by atoms with van der Waals surface area (Å²) in [4.78, 5) is 17.4. The molecule has 0 unspecified atom stereocenters. The number of benzene rings is 1. The number of nitrogens with zero attached hydrogens (tertiary/aromatic N) is 1. The molecule has 2 heterocycles. The Labute approximate surface area is 136 Å². The normalized spacial score (nSPS) is 10.3. The van der Waals surface area contributed by atoms with Crippen molar-refractivity contribution < 1.29 is 18.7 Å². The predicted octanol–water partition coefficient (Wildman–Crippen LogP) is 3.67. The third-order valence-corrected chi connectivity index (χ3v) is 4.05. The third-order valence-electron chi connectivity index (χ3n) is 3.18. The molecule has 0 atom stereocenters. The van der Waals surface area contributed by atoms with E-state index >= 15 is 0 Å². The summed E-state index contributed by atoms with van der Waals surface area (Å²) in [5, 5.41) is 4.69. The number of hydrogen-bond acceptors (Lipinski definition) is 6. The molecular formula is C16H14N2O4S. The Morgan fingerprint density at radius 3 is 2.83 bits per heavy atom. The van der Waals surface area contributed by atoms with E-state index in [1.807, 2.05) is 17.5 Å². The Morgan fingerprint density at radius 2 is 2.13 bits per heavy atom. The van der Waals surface area contributed by atoms with Gasteiger partial charge in [-0.15, -0.1) is 11.3 Å². The van der Waals surface area contributed by atoms with E-state index in [4.69, 9.17) is 13.9 Å². The number of rotatable bonds is 5. The zero-order chi connectivity index (χ0) is 16.2. The summed E-state index contributed by atoms with van der Waals surface area (Å²) in [5.74, 6) is 1.20. The quantitative estimate of drug-likeness (QED) is 0.772. The average Bonchev–Trinajstić information content (AvgIpc) is 3.25. The molecule has 3 aromatic rings. The molecule has 0 aliphatic carbocycles. The number of carbonyl (C=O) groups is 1. The summed E-state index contributed by atoms with van der Waals surface area (Å²) in [6, 6.07) is 8.91. The molecule has 0 radical (unpaired) electrons. The summed E-state index contributed by atoms with van der Waals surface area (Å²) < 4.78 is 15.8. The summed E-state index contributed by atoms with van der Waals surface area (Å²) in [6.45, 7) is 0. The Bertz CT molecular complexity index is 811. The monoisotopic (exact) mass is 330 g/mol. The summed E-state index contributed by atoms with van der Waals surface area (Å²) in [7, 11) is 3.09. The van der Waals surface area contributed by atoms with Crippen LogP contribution < -0.4 is 14.8 Å². The van der Waals surface area contributed by atoms with Crippen LogP contribution in [-0.2, 0) is 0 Å². The van der Waals surface area contributed by atoms with Crippen LogP contribution in [0.5, 0.6) is 11.5 Å². The second kappa shape index (κ2) is 6.53. The van der Waals surface area contributed by atoms with E-state index in [-0.39, 0.29) is 11.6 Å². The Balaban J connectivity index is 1.90. The predicted molar refractivity (Wildman–Crippen MR) is 87.3 cm³/mol. The van der Waals surface area contributed by atoms with Crippen LogP contribution in [0.4, 0.5) is 5.69 Å². The van der Waals surface area contributed by atoms with E-state index in [0.717, 1.165) is 4.88 Å². The van der Waals surface area contributed by atoms with Gasteiger partial charge in [0.2, 0.25) is 0 Å². The molecular weight excluding hydrogens is 316 g/mol. The number of anilines is 1. The lowest BCUT2D eigenvalue weighted by atomic mass is 10.2. The van der Waals surface area contributed by atoms with Crippen LogP contribution in [0, 0.1) is 0 Å². The van der Waals surface area contributed by atoms with E-state index in [2.05, 4.69) is 10.3 Å². The SMILES string of the molecule is COc1ccc(OC)c(NC(=O)c2ncoc2-c2cccs2)c1. The van der Waals surface area contributed by atoms with Crippen molar-refractivity contribution in [2.45, 2.75) is 0 Å². The maximum Gasteiger partial charge on any atom is 0.278 e. The van der Waals surface area contributed by atoms with Crippen molar-refractivity contribution in [3.63, 3.8) is 0 Å². The molecule has 0 saturated heterocycles. The zero-order valence-corrected chi connectivity index (χ0v) is 13.3. The van der Waals surface area contributed by atoms with Crippen molar-refractivity contribution in [1.29, 1.82) is 0 Å². The van der Waals surface area contributed by atoms with Gasteiger partial charge in [0.15, 0.2) is 17.8 Å². The molecule has 7 heteroatoms. The van der Waals surface area contributed by atoms with Gasteiger partial charge in [-0.25, -0.2) is 4.98 Å². The van der Waals surface area contributed by atoms with Crippen LogP contribution in [0.15, 0.2) is 46.5 Å². The van der Waals surface area contributed by atoms with E-state index in [9.17, 15) is 4.79 Å². The summed E-state index contributed by atoms with van der Waals surface area (Å²) in [5.41, 5.74) is 0.717. The van der Waals surface area contributed by atoms with Crippen molar-refractivity contribution in [2.75, 3.05) is 19.5 Å². The highest BCUT2D eigenvalue weighted by Gasteiger charge is 2.20. The molecule has 1 amide bonds. The van der Waals surface area contributed by atoms with Crippen molar-refractivity contribution >= 4 is 22.9 Å². The second-order valence-corrected chi connectivity index (χ2v) is 5.48. The standard InChI is InChI=1S/C16H14N2O4S/c1-20-10-5-6-12(21-2)11(8-10)18-16(19)14-15(22-9-17-14)13-4-3-7-23-13/h3-9H,1-2H3,(H,18,19). The molecule has 0 saturated carbocycles. The first-order valence-electron chi connectivity index (χ1n) is 6.73. The molecule has 118 valence electrons. The molecule has 0 spiro atoms. The molecule has 6 nitrogen and oxygen atoms in total. The first-order chi connectivity index (χ1) is 11.2. The number of carbonyl (C=O) groups excluding carboxylic acids is 1. The van der Waals surface area contributed by atoms with Crippen LogP contribution in [0.3, 0.4) is 0 Å². The van der Waals surface area contributed by atoms with Crippen molar-refractivity contribution in [2.24, 2.45) is 0 Å². The smallest absolute Gasteiger partial charge is 0.278 e. The Morgan fingerprint density at radius 1 is 1.26 bits per heavy atom. The maximum atomic E-state index is 12.5. The highest BCUT2D eigenvalue weighted by atomic mass is 32.1. The summed E-state index contributed by atoms with van der Waals surface area (Å²) in [6.07, 6.45) is 1.26. The number of oxazole rings is 1. The number of amides is 1. The first-order valence-corrected chi connectivity index (χ1v) is 7.61. The number of hydrogen-bond donors (Lipinski definition) is 1. The van der Waals surface area contributed by atoms with Crippen LogP contribution in [0.2, 0.25) is 0 Å². The molecule has 23 heavy (non-hydrogen) atoms. The lowest BCUT2D eigenvalue weighted by molar-refractivity contribution is 0.102. The van der Waals surface area contributed by atoms with E-state index in [0.29, 0.717) is 22.9 Å². The van der Waals surface area contributed by atoms with Gasteiger partial charge in [-0.05, 0) is 23.6 Å². The molecule has 0 aliphatic rings. The maximum absolute atomic E-state index is 12.5. The number of ether oxygens (including phenoxy) is 2. The van der Waals surface area contributed by atoms with Gasteiger partial charge in [0.25, 0.3) is 5.91 Å². The number of nitrogens with one attached hydrogen (secondary N) is 1. The Kier molecular flexibility index (Phi) is 4.29. The van der Waals surface area contributed by atoms with Gasteiger partial charge >= 0.3 is 0 Å². The highest BCUT2D eigenvalue weighted by molar-refractivity contribution is 7.13. The molecule has 1 N–H and O–H groups in total. The largest absolute Gasteiger partial charge is 0.497 e. The van der Waals surface area contributed by atoms with Gasteiger partial charge in [-0.1, -0.05) is 6.07 Å². The van der Waals surface area contributed by atoms with Crippen molar-refractivity contribution in [3.05, 3.63) is 47.8 Å². The number of methoxy groups -OCH3 is 2. The van der Waals surface area contributed by atoms with Gasteiger partial charge in [0.1, 0.15) is 11.5 Å². The van der Waals surface area contributed by atoms with Gasteiger partial charge < -0.3 is 19.2 Å². The van der Waals surface area contributed by atoms with Gasteiger partial charge in [0, 0.05) is 6.07 Å². The lowest BCUT2D eigenvalue weighted by Gasteiger charge is -2.11. The topological polar surface area (TPSA) is 73.6 Å². The van der Waals surface area contributed by atoms with Gasteiger partial charge in [-0.3, -0.25) is 4.79 Å². The summed E-state index contributed by atoms with van der Waals surface area (Å²) >= 11 is 1.47. The fraction of sp³-hybridized carbons (Fsp3) is 0.125. The third kappa shape index (κ3) is 3.04. The van der Waals surface area contributed by atoms with Crippen LogP contribution in [0.1, 0.15) is 10.5 Å². The number of aromatic nitrogens is 1. The second-order valence-electron chi connectivity index (χ2n) is 4.53. The lowest BCUT2D eigenvalue weighted by Crippen LogP contribution is -2.14. The Hall–Kier alpha value is -2.80. The molecule has 0 fully saturated rings. The first kappa shape index (κ1) is 15.1.